The van der Waals surface area contributed by atoms with Gasteiger partial charge in [0, 0.05) is 6.42 Å². The van der Waals surface area contributed by atoms with Crippen LogP contribution in [0.3, 0.4) is 0 Å². The highest BCUT2D eigenvalue weighted by Gasteiger charge is 2.28. The van der Waals surface area contributed by atoms with E-state index >= 15 is 0 Å². The van der Waals surface area contributed by atoms with Crippen LogP contribution in [0, 0.1) is 0 Å². The van der Waals surface area contributed by atoms with E-state index in [1.54, 1.807) is 0 Å². The predicted molar refractivity (Wildman–Crippen MR) is 291 cm³/mol. The maximum atomic E-state index is 13.0. The van der Waals surface area contributed by atoms with Crippen molar-refractivity contribution < 1.29 is 32.9 Å². The molecular formula is C58H112N2O6P+. The zero-order chi connectivity index (χ0) is 49.2. The van der Waals surface area contributed by atoms with Gasteiger partial charge in [-0.1, -0.05) is 255 Å². The van der Waals surface area contributed by atoms with E-state index in [9.17, 15) is 19.4 Å². The number of aliphatic hydroxyl groups excluding tert-OH is 1. The summed E-state index contributed by atoms with van der Waals surface area (Å²) in [5.74, 6) is -0.142. The van der Waals surface area contributed by atoms with Crippen LogP contribution >= 0.6 is 7.82 Å². The van der Waals surface area contributed by atoms with E-state index < -0.39 is 20.0 Å². The first-order chi connectivity index (χ1) is 32.5. The molecule has 0 spiro atoms. The standard InChI is InChI=1S/C58H111N2O6P/c1-6-8-10-12-14-16-18-20-22-23-24-25-26-27-28-29-30-31-32-33-34-35-36-37-38-40-42-44-46-48-50-52-58(62)59-56(55-66-67(63,64)65-54-53-60(3,4)5)57(61)51-49-47-45-43-41-39-21-19-17-15-13-11-9-7-2/h8,10,14,16,20,22,24-25,56-57,61H,6-7,9,11-13,15,17-19,21,23,26-55H2,1-5H3,(H-,59,62,63,64)/p+1/b10-8-,16-14-,22-20-,25-24-. The molecule has 0 aromatic carbocycles. The van der Waals surface area contributed by atoms with Crippen LogP contribution in [-0.2, 0) is 18.4 Å². The zero-order valence-electron chi connectivity index (χ0n) is 44.9. The topological polar surface area (TPSA) is 105 Å². The summed E-state index contributed by atoms with van der Waals surface area (Å²) in [6.07, 6.45) is 64.5. The number of nitrogens with one attached hydrogen (secondary N) is 1. The van der Waals surface area contributed by atoms with Gasteiger partial charge in [0.15, 0.2) is 0 Å². The summed E-state index contributed by atoms with van der Waals surface area (Å²) >= 11 is 0. The van der Waals surface area contributed by atoms with Crippen molar-refractivity contribution >= 4 is 13.7 Å². The summed E-state index contributed by atoms with van der Waals surface area (Å²) < 4.78 is 23.7. The van der Waals surface area contributed by atoms with Crippen molar-refractivity contribution in [3.63, 3.8) is 0 Å². The molecule has 0 heterocycles. The van der Waals surface area contributed by atoms with Gasteiger partial charge in [0.25, 0.3) is 0 Å². The third-order valence-corrected chi connectivity index (χ3v) is 13.8. The molecule has 3 unspecified atom stereocenters. The molecule has 3 N–H and O–H groups in total. The fourth-order valence-corrected chi connectivity index (χ4v) is 9.13. The second-order valence-corrected chi connectivity index (χ2v) is 22.1. The Bertz CT molecular complexity index is 1230. The average molecular weight is 965 g/mol. The van der Waals surface area contributed by atoms with Gasteiger partial charge in [-0.2, -0.15) is 0 Å². The fourth-order valence-electron chi connectivity index (χ4n) is 8.39. The summed E-state index contributed by atoms with van der Waals surface area (Å²) in [4.78, 5) is 23.3. The quantitative estimate of drug-likeness (QED) is 0.0243. The van der Waals surface area contributed by atoms with Gasteiger partial charge >= 0.3 is 7.82 Å². The summed E-state index contributed by atoms with van der Waals surface area (Å²) in [5.41, 5.74) is 0. The maximum absolute atomic E-state index is 13.0. The maximum Gasteiger partial charge on any atom is 0.472 e. The van der Waals surface area contributed by atoms with Crippen LogP contribution in [0.2, 0.25) is 0 Å². The minimum absolute atomic E-state index is 0.0754. The molecule has 0 bridgehead atoms. The molecule has 0 aromatic rings. The van der Waals surface area contributed by atoms with Gasteiger partial charge in [0.05, 0.1) is 39.9 Å². The highest BCUT2D eigenvalue weighted by Crippen LogP contribution is 2.43. The number of carbonyl (C=O) groups excluding carboxylic acids is 1. The molecule has 0 saturated carbocycles. The van der Waals surface area contributed by atoms with Gasteiger partial charge in [-0.15, -0.1) is 0 Å². The predicted octanol–water partition coefficient (Wildman–Crippen LogP) is 17.2. The van der Waals surface area contributed by atoms with Crippen molar-refractivity contribution in [2.45, 2.75) is 276 Å². The Morgan fingerprint density at radius 1 is 0.522 bits per heavy atom. The second-order valence-electron chi connectivity index (χ2n) is 20.6. The molecule has 0 aromatic heterocycles. The molecule has 1 amide bonds. The van der Waals surface area contributed by atoms with E-state index in [1.165, 1.54) is 173 Å². The molecule has 67 heavy (non-hydrogen) atoms. The average Bonchev–Trinajstić information content (AvgIpc) is 3.29. The molecule has 0 fully saturated rings. The first-order valence-corrected chi connectivity index (χ1v) is 30.0. The fraction of sp³-hybridized carbons (Fsp3) is 0.845. The van der Waals surface area contributed by atoms with Gasteiger partial charge in [-0.3, -0.25) is 13.8 Å². The molecule has 0 rings (SSSR count). The number of hydrogen-bond donors (Lipinski definition) is 3. The number of amides is 1. The van der Waals surface area contributed by atoms with E-state index in [4.69, 9.17) is 9.05 Å². The Labute approximate surface area is 416 Å². The van der Waals surface area contributed by atoms with Crippen molar-refractivity contribution in [2.75, 3.05) is 40.9 Å². The zero-order valence-corrected chi connectivity index (χ0v) is 45.8. The van der Waals surface area contributed by atoms with Gasteiger partial charge in [-0.25, -0.2) is 4.57 Å². The number of phosphoric ester groups is 1. The van der Waals surface area contributed by atoms with Gasteiger partial charge in [0.2, 0.25) is 5.91 Å². The van der Waals surface area contributed by atoms with E-state index in [0.29, 0.717) is 23.9 Å². The van der Waals surface area contributed by atoms with Crippen molar-refractivity contribution in [2.24, 2.45) is 0 Å². The van der Waals surface area contributed by atoms with Crippen LogP contribution in [0.4, 0.5) is 0 Å². The third kappa shape index (κ3) is 52.1. The van der Waals surface area contributed by atoms with E-state index in [-0.39, 0.29) is 19.1 Å². The number of unbranched alkanes of at least 4 members (excludes halogenated alkanes) is 31. The number of nitrogens with zero attached hydrogens (tertiary/aromatic N) is 1. The van der Waals surface area contributed by atoms with E-state index in [1.807, 2.05) is 21.1 Å². The van der Waals surface area contributed by atoms with Crippen molar-refractivity contribution in [1.82, 2.24) is 5.32 Å². The number of phosphoric acid groups is 1. The number of aliphatic hydroxyl groups is 1. The lowest BCUT2D eigenvalue weighted by Crippen LogP contribution is -2.46. The van der Waals surface area contributed by atoms with Crippen LogP contribution in [0.15, 0.2) is 48.6 Å². The van der Waals surface area contributed by atoms with E-state index in [0.717, 1.165) is 64.2 Å². The van der Waals surface area contributed by atoms with Crippen molar-refractivity contribution in [3.8, 4) is 0 Å². The Morgan fingerprint density at radius 2 is 0.896 bits per heavy atom. The lowest BCUT2D eigenvalue weighted by molar-refractivity contribution is -0.870. The second kappa shape index (κ2) is 49.4. The monoisotopic (exact) mass is 964 g/mol. The van der Waals surface area contributed by atoms with E-state index in [2.05, 4.69) is 67.8 Å². The Hall–Kier alpha value is -1.54. The highest BCUT2D eigenvalue weighted by atomic mass is 31.2. The molecule has 0 saturated heterocycles. The summed E-state index contributed by atoms with van der Waals surface area (Å²) in [6, 6.07) is -0.759. The third-order valence-electron chi connectivity index (χ3n) is 12.8. The highest BCUT2D eigenvalue weighted by molar-refractivity contribution is 7.47. The SMILES string of the molecule is CC/C=C\C/C=C\C/C=C\C/C=C\CCCCCCCCCCCCCCCCCCCCC(=O)NC(COP(=O)(O)OCC[N+](C)(C)C)C(O)CCCCCCCCCCCCCCCC. The molecule has 3 atom stereocenters. The molecule has 0 aliphatic carbocycles. The Kier molecular flexibility index (Phi) is 48.3. The number of rotatable bonds is 52. The molecular weight excluding hydrogens is 852 g/mol. The first kappa shape index (κ1) is 65.5. The van der Waals surface area contributed by atoms with Gasteiger partial charge in [-0.05, 0) is 51.4 Å². The van der Waals surface area contributed by atoms with Crippen molar-refractivity contribution in [3.05, 3.63) is 48.6 Å². The lowest BCUT2D eigenvalue weighted by Gasteiger charge is -2.26. The number of likely N-dealkylation sites (N-methyl/N-ethyl adjacent to an activating group) is 1. The first-order valence-electron chi connectivity index (χ1n) is 28.5. The molecule has 0 aliphatic rings. The summed E-state index contributed by atoms with van der Waals surface area (Å²) in [7, 11) is 1.62. The normalized spacial score (nSPS) is 14.3. The Balaban J connectivity index is 4.03. The largest absolute Gasteiger partial charge is 0.472 e. The molecule has 0 radical (unpaired) electrons. The summed E-state index contributed by atoms with van der Waals surface area (Å²) in [5, 5.41) is 14.0. The number of quaternary nitrogens is 1. The molecule has 0 aliphatic heterocycles. The lowest BCUT2D eigenvalue weighted by atomic mass is 10.0. The minimum Gasteiger partial charge on any atom is -0.391 e. The van der Waals surface area contributed by atoms with Crippen LogP contribution < -0.4 is 5.32 Å². The molecule has 9 heteroatoms. The van der Waals surface area contributed by atoms with Crippen molar-refractivity contribution in [1.29, 1.82) is 0 Å². The van der Waals surface area contributed by atoms with Crippen LogP contribution in [0.5, 0.6) is 0 Å². The van der Waals surface area contributed by atoms with Crippen LogP contribution in [-0.4, -0.2) is 73.4 Å². The molecule has 8 nitrogen and oxygen atoms in total. The Morgan fingerprint density at radius 3 is 1.31 bits per heavy atom. The number of hydrogen-bond acceptors (Lipinski definition) is 5. The van der Waals surface area contributed by atoms with Crippen LogP contribution in [0.25, 0.3) is 0 Å². The van der Waals surface area contributed by atoms with Gasteiger partial charge in [0.1, 0.15) is 13.2 Å². The summed E-state index contributed by atoms with van der Waals surface area (Å²) in [6.45, 7) is 4.80. The van der Waals surface area contributed by atoms with Crippen LogP contribution in [0.1, 0.15) is 264 Å². The number of carbonyl (C=O) groups is 1. The van der Waals surface area contributed by atoms with Gasteiger partial charge < -0.3 is 19.8 Å². The number of allylic oxidation sites excluding steroid dienone is 8. The minimum atomic E-state index is -4.32. The molecule has 394 valence electrons. The smallest absolute Gasteiger partial charge is 0.391 e.